The van der Waals surface area contributed by atoms with Crippen molar-refractivity contribution in [2.75, 3.05) is 5.32 Å². The summed E-state index contributed by atoms with van der Waals surface area (Å²) in [6, 6.07) is 4.34. The Morgan fingerprint density at radius 3 is 2.79 bits per heavy atom. The number of hydrogen-bond donors (Lipinski definition) is 1. The molecule has 1 aliphatic heterocycles. The Morgan fingerprint density at radius 2 is 2.07 bits per heavy atom. The molecule has 2 atom stereocenters. The Morgan fingerprint density at radius 1 is 1.29 bits per heavy atom. The van der Waals surface area contributed by atoms with Gasteiger partial charge in [0.25, 0.3) is 0 Å². The van der Waals surface area contributed by atoms with E-state index in [1.165, 1.54) is 12.1 Å². The van der Waals surface area contributed by atoms with Crippen LogP contribution in [-0.4, -0.2) is 6.04 Å². The van der Waals surface area contributed by atoms with E-state index in [0.29, 0.717) is 12.0 Å². The van der Waals surface area contributed by atoms with E-state index in [4.69, 9.17) is 0 Å². The van der Waals surface area contributed by atoms with Gasteiger partial charge in [-0.1, -0.05) is 0 Å². The van der Waals surface area contributed by atoms with Crippen LogP contribution in [0.15, 0.2) is 18.2 Å². The first-order chi connectivity index (χ1) is 6.55. The largest absolute Gasteiger partial charge is 0.416 e. The SMILES string of the molecule is FC(F)(F)c1ccc2c(c1)C1CC1N2. The van der Waals surface area contributed by atoms with E-state index in [1.54, 1.807) is 0 Å². The second kappa shape index (κ2) is 2.24. The second-order valence-corrected chi connectivity index (χ2v) is 3.89. The van der Waals surface area contributed by atoms with Crippen molar-refractivity contribution in [1.82, 2.24) is 0 Å². The number of fused-ring (bicyclic) bond motifs is 3. The van der Waals surface area contributed by atoms with E-state index >= 15 is 0 Å². The third kappa shape index (κ3) is 1.03. The maximum Gasteiger partial charge on any atom is 0.416 e. The molecular formula is C10H8F3N. The highest BCUT2D eigenvalue weighted by Gasteiger charge is 2.46. The highest BCUT2D eigenvalue weighted by atomic mass is 19.4. The van der Waals surface area contributed by atoms with Gasteiger partial charge in [-0.25, -0.2) is 0 Å². The summed E-state index contributed by atoms with van der Waals surface area (Å²) in [6.45, 7) is 0. The van der Waals surface area contributed by atoms with Crippen LogP contribution in [0, 0.1) is 0 Å². The summed E-state index contributed by atoms with van der Waals surface area (Å²) >= 11 is 0. The van der Waals surface area contributed by atoms with Gasteiger partial charge in [0.2, 0.25) is 0 Å². The average Bonchev–Trinajstić information content (AvgIpc) is 2.77. The van der Waals surface area contributed by atoms with Gasteiger partial charge in [-0.15, -0.1) is 0 Å². The minimum absolute atomic E-state index is 0.326. The van der Waals surface area contributed by atoms with Crippen LogP contribution in [0.2, 0.25) is 0 Å². The zero-order valence-electron chi connectivity index (χ0n) is 7.23. The van der Waals surface area contributed by atoms with Crippen LogP contribution in [0.5, 0.6) is 0 Å². The number of hydrogen-bond acceptors (Lipinski definition) is 1. The van der Waals surface area contributed by atoms with E-state index in [9.17, 15) is 13.2 Å². The lowest BCUT2D eigenvalue weighted by Crippen LogP contribution is -2.05. The van der Waals surface area contributed by atoms with E-state index in [-0.39, 0.29) is 0 Å². The quantitative estimate of drug-likeness (QED) is 0.677. The van der Waals surface area contributed by atoms with Gasteiger partial charge in [-0.3, -0.25) is 0 Å². The number of rotatable bonds is 0. The number of halogens is 3. The summed E-state index contributed by atoms with van der Waals surface area (Å²) in [5, 5.41) is 3.18. The average molecular weight is 199 g/mol. The van der Waals surface area contributed by atoms with Gasteiger partial charge < -0.3 is 5.32 Å². The summed E-state index contributed by atoms with van der Waals surface area (Å²) in [6.07, 6.45) is -3.24. The van der Waals surface area contributed by atoms with Gasteiger partial charge in [0.1, 0.15) is 0 Å². The lowest BCUT2D eigenvalue weighted by Gasteiger charge is -2.09. The third-order valence-corrected chi connectivity index (χ3v) is 2.91. The summed E-state index contributed by atoms with van der Waals surface area (Å²) in [4.78, 5) is 0. The predicted octanol–water partition coefficient (Wildman–Crippen LogP) is 2.99. The maximum atomic E-state index is 12.4. The number of benzene rings is 1. The van der Waals surface area contributed by atoms with Gasteiger partial charge in [0, 0.05) is 17.6 Å². The molecule has 1 aliphatic carbocycles. The highest BCUT2D eigenvalue weighted by molar-refractivity contribution is 5.64. The van der Waals surface area contributed by atoms with E-state index in [0.717, 1.165) is 23.7 Å². The van der Waals surface area contributed by atoms with Gasteiger partial charge >= 0.3 is 6.18 Å². The fourth-order valence-electron chi connectivity index (χ4n) is 2.08. The topological polar surface area (TPSA) is 12.0 Å². The maximum absolute atomic E-state index is 12.4. The first-order valence-electron chi connectivity index (χ1n) is 4.53. The van der Waals surface area contributed by atoms with Crippen LogP contribution in [0.25, 0.3) is 0 Å². The Hall–Kier alpha value is -1.19. The van der Waals surface area contributed by atoms with Crippen molar-refractivity contribution < 1.29 is 13.2 Å². The minimum Gasteiger partial charge on any atom is -0.381 e. The van der Waals surface area contributed by atoms with Gasteiger partial charge in [0.15, 0.2) is 0 Å². The zero-order valence-corrected chi connectivity index (χ0v) is 7.23. The molecule has 1 aromatic carbocycles. The first-order valence-corrected chi connectivity index (χ1v) is 4.53. The van der Waals surface area contributed by atoms with Crippen molar-refractivity contribution in [1.29, 1.82) is 0 Å². The molecule has 1 nitrogen and oxygen atoms in total. The Kier molecular flexibility index (Phi) is 1.30. The van der Waals surface area contributed by atoms with Crippen molar-refractivity contribution >= 4 is 5.69 Å². The van der Waals surface area contributed by atoms with E-state index in [1.807, 2.05) is 0 Å². The van der Waals surface area contributed by atoms with Crippen molar-refractivity contribution in [3.05, 3.63) is 29.3 Å². The number of nitrogens with one attached hydrogen (secondary N) is 1. The van der Waals surface area contributed by atoms with Crippen molar-refractivity contribution in [2.45, 2.75) is 24.6 Å². The lowest BCUT2D eigenvalue weighted by molar-refractivity contribution is -0.137. The summed E-state index contributed by atoms with van der Waals surface area (Å²) in [5.41, 5.74) is 1.18. The lowest BCUT2D eigenvalue weighted by atomic mass is 10.1. The fraction of sp³-hybridized carbons (Fsp3) is 0.400. The molecule has 1 aromatic rings. The first kappa shape index (κ1) is 8.15. The minimum atomic E-state index is -4.22. The van der Waals surface area contributed by atoms with Gasteiger partial charge in [0.05, 0.1) is 5.56 Å². The Balaban J connectivity index is 2.07. The molecule has 0 saturated heterocycles. The Bertz CT molecular complexity index is 397. The van der Waals surface area contributed by atoms with Crippen LogP contribution in [-0.2, 0) is 6.18 Å². The summed E-state index contributed by atoms with van der Waals surface area (Å²) < 4.78 is 37.1. The summed E-state index contributed by atoms with van der Waals surface area (Å²) in [7, 11) is 0. The molecule has 74 valence electrons. The molecule has 1 N–H and O–H groups in total. The molecule has 1 saturated carbocycles. The number of alkyl halides is 3. The van der Waals surface area contributed by atoms with Gasteiger partial charge in [-0.2, -0.15) is 13.2 Å². The molecule has 0 bridgehead atoms. The zero-order chi connectivity index (χ0) is 9.92. The molecule has 0 spiro atoms. The van der Waals surface area contributed by atoms with Gasteiger partial charge in [-0.05, 0) is 30.2 Å². The van der Waals surface area contributed by atoms with Crippen LogP contribution in [0.3, 0.4) is 0 Å². The molecule has 3 rings (SSSR count). The smallest absolute Gasteiger partial charge is 0.381 e. The molecule has 0 amide bonds. The predicted molar refractivity (Wildman–Crippen MR) is 46.2 cm³/mol. The van der Waals surface area contributed by atoms with Crippen molar-refractivity contribution in [2.24, 2.45) is 0 Å². The summed E-state index contributed by atoms with van der Waals surface area (Å²) in [5.74, 6) is 0.326. The molecule has 0 aromatic heterocycles. The van der Waals surface area contributed by atoms with E-state index < -0.39 is 11.7 Å². The third-order valence-electron chi connectivity index (χ3n) is 2.91. The molecule has 0 radical (unpaired) electrons. The van der Waals surface area contributed by atoms with Crippen molar-refractivity contribution in [3.63, 3.8) is 0 Å². The monoisotopic (exact) mass is 199 g/mol. The molecule has 2 aliphatic rings. The van der Waals surface area contributed by atoms with E-state index in [2.05, 4.69) is 5.32 Å². The van der Waals surface area contributed by atoms with Crippen LogP contribution >= 0.6 is 0 Å². The molecule has 1 heterocycles. The van der Waals surface area contributed by atoms with Crippen LogP contribution < -0.4 is 5.32 Å². The molecule has 2 unspecified atom stereocenters. The van der Waals surface area contributed by atoms with Crippen LogP contribution in [0.1, 0.15) is 23.5 Å². The highest BCUT2D eigenvalue weighted by Crippen LogP contribution is 2.52. The standard InChI is InChI=1S/C10H8F3N/c11-10(12,13)5-1-2-8-6(3-5)7-4-9(7)14-8/h1-3,7,9,14H,4H2. The molecule has 14 heavy (non-hydrogen) atoms. The molecule has 4 heteroatoms. The fourth-order valence-corrected chi connectivity index (χ4v) is 2.08. The normalized spacial score (nSPS) is 27.9. The van der Waals surface area contributed by atoms with Crippen molar-refractivity contribution in [3.8, 4) is 0 Å². The van der Waals surface area contributed by atoms with Crippen LogP contribution in [0.4, 0.5) is 18.9 Å². The molecular weight excluding hydrogens is 191 g/mol. The number of anilines is 1. The Labute approximate surface area is 78.9 Å². The second-order valence-electron chi connectivity index (χ2n) is 3.89. The molecule has 1 fully saturated rings.